The molecule has 2 nitrogen and oxygen atoms in total. The van der Waals surface area contributed by atoms with E-state index in [1.165, 1.54) is 11.1 Å². The van der Waals surface area contributed by atoms with Gasteiger partial charge in [-0.15, -0.1) is 0 Å². The molecular formula is C11H10ClNO. The molecule has 0 unspecified atom stereocenters. The summed E-state index contributed by atoms with van der Waals surface area (Å²) in [5.74, 6) is 0. The maximum Gasteiger partial charge on any atom is 0.226 e. The fraction of sp³-hybridized carbons (Fsp3) is 0.182. The van der Waals surface area contributed by atoms with Crippen LogP contribution in [0.5, 0.6) is 0 Å². The number of aryl methyl sites for hydroxylation is 1. The van der Waals surface area contributed by atoms with E-state index in [0.717, 1.165) is 11.3 Å². The average molecular weight is 208 g/mol. The van der Waals surface area contributed by atoms with Gasteiger partial charge in [0.25, 0.3) is 0 Å². The summed E-state index contributed by atoms with van der Waals surface area (Å²) in [6.45, 7) is 4.13. The zero-order chi connectivity index (χ0) is 10.1. The van der Waals surface area contributed by atoms with Gasteiger partial charge in [0.15, 0.2) is 0 Å². The van der Waals surface area contributed by atoms with Gasteiger partial charge in [-0.3, -0.25) is 0 Å². The van der Waals surface area contributed by atoms with Gasteiger partial charge >= 0.3 is 0 Å². The Hall–Kier alpha value is -1.28. The number of nitrogens with zero attached hydrogens (tertiary/aromatic N) is 1. The predicted octanol–water partition coefficient (Wildman–Crippen LogP) is 3.61. The molecule has 0 saturated heterocycles. The Morgan fingerprint density at radius 1 is 1.29 bits per heavy atom. The average Bonchev–Trinajstić information content (AvgIpc) is 2.57. The summed E-state index contributed by atoms with van der Waals surface area (Å²) >= 11 is 5.67. The van der Waals surface area contributed by atoms with Gasteiger partial charge in [-0.1, -0.05) is 23.4 Å². The Labute approximate surface area is 87.5 Å². The van der Waals surface area contributed by atoms with Crippen LogP contribution in [0.1, 0.15) is 11.1 Å². The van der Waals surface area contributed by atoms with Crippen molar-refractivity contribution in [3.8, 4) is 11.3 Å². The van der Waals surface area contributed by atoms with Crippen molar-refractivity contribution in [1.82, 2.24) is 5.16 Å². The van der Waals surface area contributed by atoms with Crippen LogP contribution >= 0.6 is 11.6 Å². The summed E-state index contributed by atoms with van der Waals surface area (Å²) in [5.41, 5.74) is 4.30. The highest BCUT2D eigenvalue weighted by Gasteiger charge is 2.08. The van der Waals surface area contributed by atoms with Crippen LogP contribution in [-0.2, 0) is 0 Å². The van der Waals surface area contributed by atoms with Crippen LogP contribution in [0.4, 0.5) is 0 Å². The first-order valence-corrected chi connectivity index (χ1v) is 4.75. The van der Waals surface area contributed by atoms with E-state index >= 15 is 0 Å². The molecule has 0 aliphatic carbocycles. The number of hydrogen-bond donors (Lipinski definition) is 0. The van der Waals surface area contributed by atoms with Gasteiger partial charge < -0.3 is 4.52 Å². The zero-order valence-corrected chi connectivity index (χ0v) is 8.80. The molecule has 1 heterocycles. The van der Waals surface area contributed by atoms with Crippen molar-refractivity contribution in [3.05, 3.63) is 40.6 Å². The molecular weight excluding hydrogens is 198 g/mol. The Bertz CT molecular complexity index is 462. The topological polar surface area (TPSA) is 26.0 Å². The largest absolute Gasteiger partial charge is 0.344 e. The molecule has 3 heteroatoms. The van der Waals surface area contributed by atoms with Gasteiger partial charge in [0.1, 0.15) is 5.69 Å². The lowest BCUT2D eigenvalue weighted by Gasteiger charge is -2.04. The molecule has 0 spiro atoms. The van der Waals surface area contributed by atoms with Gasteiger partial charge in [0.2, 0.25) is 5.22 Å². The van der Waals surface area contributed by atoms with Crippen LogP contribution in [0, 0.1) is 13.8 Å². The molecule has 0 saturated carbocycles. The summed E-state index contributed by atoms with van der Waals surface area (Å²) in [5, 5.41) is 4.20. The summed E-state index contributed by atoms with van der Waals surface area (Å²) in [6.07, 6.45) is 0. The van der Waals surface area contributed by atoms with Crippen LogP contribution in [0.3, 0.4) is 0 Å². The molecule has 1 aromatic carbocycles. The molecule has 72 valence electrons. The molecule has 2 rings (SSSR count). The summed E-state index contributed by atoms with van der Waals surface area (Å²) in [4.78, 5) is 0. The summed E-state index contributed by atoms with van der Waals surface area (Å²) in [7, 11) is 0. The summed E-state index contributed by atoms with van der Waals surface area (Å²) in [6, 6.07) is 7.81. The maximum atomic E-state index is 5.67. The lowest BCUT2D eigenvalue weighted by molar-refractivity contribution is 0.424. The molecule has 0 aliphatic rings. The first-order chi connectivity index (χ1) is 6.68. The molecule has 1 aromatic heterocycles. The molecule has 0 amide bonds. The molecule has 0 bridgehead atoms. The Morgan fingerprint density at radius 2 is 2.07 bits per heavy atom. The predicted molar refractivity (Wildman–Crippen MR) is 56.4 cm³/mol. The second kappa shape index (κ2) is 3.46. The van der Waals surface area contributed by atoms with Crippen LogP contribution < -0.4 is 0 Å². The normalized spacial score (nSPS) is 10.5. The van der Waals surface area contributed by atoms with Crippen LogP contribution in [-0.4, -0.2) is 5.16 Å². The van der Waals surface area contributed by atoms with Crippen LogP contribution in [0.2, 0.25) is 5.22 Å². The number of aromatic nitrogens is 1. The van der Waals surface area contributed by atoms with Gasteiger partial charge in [-0.25, -0.2) is 0 Å². The van der Waals surface area contributed by atoms with Gasteiger partial charge in [0.05, 0.1) is 0 Å². The smallest absolute Gasteiger partial charge is 0.226 e. The molecule has 0 N–H and O–H groups in total. The molecule has 0 fully saturated rings. The lowest BCUT2D eigenvalue weighted by Crippen LogP contribution is -1.86. The van der Waals surface area contributed by atoms with Gasteiger partial charge in [0, 0.05) is 11.6 Å². The minimum absolute atomic E-state index is 0.320. The molecule has 0 aliphatic heterocycles. The van der Waals surface area contributed by atoms with E-state index in [0.29, 0.717) is 5.22 Å². The Morgan fingerprint density at radius 3 is 2.71 bits per heavy atom. The van der Waals surface area contributed by atoms with E-state index in [1.807, 2.05) is 12.1 Å². The maximum absolute atomic E-state index is 5.67. The van der Waals surface area contributed by atoms with Crippen LogP contribution in [0.25, 0.3) is 11.3 Å². The standard InChI is InChI=1S/C11H10ClNO/c1-7-4-3-5-9(8(7)2)10-6-11(12)14-13-10/h3-6H,1-2H3. The third-order valence-corrected chi connectivity index (χ3v) is 2.54. The SMILES string of the molecule is Cc1cccc(-c2cc(Cl)on2)c1C. The fourth-order valence-corrected chi connectivity index (χ4v) is 1.55. The van der Waals surface area contributed by atoms with Crippen molar-refractivity contribution >= 4 is 11.6 Å². The first kappa shape index (κ1) is 9.28. The van der Waals surface area contributed by atoms with Crippen molar-refractivity contribution in [2.45, 2.75) is 13.8 Å². The zero-order valence-electron chi connectivity index (χ0n) is 8.04. The minimum Gasteiger partial charge on any atom is -0.344 e. The molecule has 0 radical (unpaired) electrons. The molecule has 14 heavy (non-hydrogen) atoms. The Balaban J connectivity index is 2.57. The molecule has 0 atom stereocenters. The number of rotatable bonds is 1. The van der Waals surface area contributed by atoms with Crippen molar-refractivity contribution in [2.75, 3.05) is 0 Å². The van der Waals surface area contributed by atoms with Gasteiger partial charge in [-0.2, -0.15) is 0 Å². The highest BCUT2D eigenvalue weighted by molar-refractivity contribution is 6.29. The lowest BCUT2D eigenvalue weighted by atomic mass is 10.0. The van der Waals surface area contributed by atoms with Crippen molar-refractivity contribution in [2.24, 2.45) is 0 Å². The quantitative estimate of drug-likeness (QED) is 0.714. The van der Waals surface area contributed by atoms with E-state index < -0.39 is 0 Å². The first-order valence-electron chi connectivity index (χ1n) is 4.37. The minimum atomic E-state index is 0.320. The van der Waals surface area contributed by atoms with E-state index in [4.69, 9.17) is 16.1 Å². The summed E-state index contributed by atoms with van der Waals surface area (Å²) < 4.78 is 4.83. The van der Waals surface area contributed by atoms with E-state index in [1.54, 1.807) is 6.07 Å². The third kappa shape index (κ3) is 1.53. The number of benzene rings is 1. The monoisotopic (exact) mass is 207 g/mol. The second-order valence-electron chi connectivity index (χ2n) is 3.26. The fourth-order valence-electron chi connectivity index (χ4n) is 1.41. The van der Waals surface area contributed by atoms with Crippen molar-refractivity contribution in [1.29, 1.82) is 0 Å². The second-order valence-corrected chi connectivity index (χ2v) is 3.64. The van der Waals surface area contributed by atoms with Crippen molar-refractivity contribution in [3.63, 3.8) is 0 Å². The van der Waals surface area contributed by atoms with Gasteiger partial charge in [-0.05, 0) is 36.6 Å². The van der Waals surface area contributed by atoms with Crippen molar-refractivity contribution < 1.29 is 4.52 Å². The Kier molecular flexibility index (Phi) is 2.30. The van der Waals surface area contributed by atoms with Crippen LogP contribution in [0.15, 0.2) is 28.8 Å². The van der Waals surface area contributed by atoms with E-state index in [9.17, 15) is 0 Å². The molecule has 2 aromatic rings. The number of hydrogen-bond acceptors (Lipinski definition) is 2. The highest BCUT2D eigenvalue weighted by atomic mass is 35.5. The van der Waals surface area contributed by atoms with E-state index in [-0.39, 0.29) is 0 Å². The van der Waals surface area contributed by atoms with E-state index in [2.05, 4.69) is 25.1 Å². The number of halogens is 1. The highest BCUT2D eigenvalue weighted by Crippen LogP contribution is 2.26. The third-order valence-electron chi connectivity index (χ3n) is 2.36.